The molecule has 5 heteroatoms. The van der Waals surface area contributed by atoms with Crippen LogP contribution >= 0.6 is 17.2 Å². The van der Waals surface area contributed by atoms with Crippen molar-refractivity contribution in [1.29, 1.82) is 0 Å². The van der Waals surface area contributed by atoms with Gasteiger partial charge in [0.25, 0.3) is 0 Å². The normalized spacial score (nSPS) is 12.0. The van der Waals surface area contributed by atoms with Gasteiger partial charge in [-0.1, -0.05) is 59.8 Å². The van der Waals surface area contributed by atoms with Crippen molar-refractivity contribution in [3.63, 3.8) is 0 Å². The Hall–Kier alpha value is -1.62. The third kappa shape index (κ3) is 7.49. The van der Waals surface area contributed by atoms with Gasteiger partial charge in [-0.3, -0.25) is 9.97 Å². The minimum absolute atomic E-state index is 0. The number of pyridine rings is 2. The molecule has 204 valence electrons. The van der Waals surface area contributed by atoms with E-state index in [1.807, 2.05) is 67.3 Å². The minimum Gasteiger partial charge on any atom is -0.748 e. The van der Waals surface area contributed by atoms with Crippen LogP contribution in [0.3, 0.4) is 0 Å². The molecule has 4 rings (SSSR count). The number of hydrogen-bond acceptors (Lipinski definition) is 2. The third-order valence-corrected chi connectivity index (χ3v) is 12.8. The molecule has 0 bridgehead atoms. The molecule has 2 aromatic heterocycles. The largest absolute Gasteiger partial charge is 0.748 e. The molecule has 0 N–H and O–H groups in total. The Labute approximate surface area is 239 Å². The topological polar surface area (TPSA) is 25.8 Å². The zero-order valence-corrected chi connectivity index (χ0v) is 26.3. The van der Waals surface area contributed by atoms with Gasteiger partial charge in [0.2, 0.25) is 0 Å². The van der Waals surface area contributed by atoms with Crippen LogP contribution in [0.5, 0.6) is 0 Å². The van der Waals surface area contributed by atoms with E-state index in [0.29, 0.717) is 10.3 Å². The molecule has 4 aromatic rings. The van der Waals surface area contributed by atoms with E-state index in [9.17, 15) is 0 Å². The molecule has 0 amide bonds. The number of aromatic nitrogens is 2. The first-order chi connectivity index (χ1) is 17.2. The SMILES string of the molecule is CCC(C)(C)P(C[c-]1cccc1C(P)(c1cccnc1)c1cccnc1)C(C)(C)CC.[Fe].[cH-]1[cH-][cH-][cH-][cH-]1. The maximum atomic E-state index is 4.45. The zero-order chi connectivity index (χ0) is 26.2. The van der Waals surface area contributed by atoms with Crippen molar-refractivity contribution in [2.24, 2.45) is 0 Å². The van der Waals surface area contributed by atoms with Gasteiger partial charge >= 0.3 is 0 Å². The molecule has 0 radical (unpaired) electrons. The van der Waals surface area contributed by atoms with E-state index in [2.05, 4.69) is 91.1 Å². The second-order valence-electron chi connectivity index (χ2n) is 10.6. The van der Waals surface area contributed by atoms with Crippen LogP contribution in [0.15, 0.2) is 97.6 Å². The molecule has 0 aliphatic heterocycles. The molecule has 2 aromatic carbocycles. The Morgan fingerprint density at radius 3 is 1.62 bits per heavy atom. The second kappa shape index (κ2) is 14.0. The molecular formula is C32H42FeN2P2-6. The number of rotatable bonds is 9. The second-order valence-corrected chi connectivity index (χ2v) is 15.1. The van der Waals surface area contributed by atoms with E-state index in [4.69, 9.17) is 0 Å². The molecule has 2 heterocycles. The average Bonchev–Trinajstić information content (AvgIpc) is 3.63. The van der Waals surface area contributed by atoms with Gasteiger partial charge in [0.15, 0.2) is 0 Å². The van der Waals surface area contributed by atoms with Crippen molar-refractivity contribution in [3.05, 3.63) is 120 Å². The van der Waals surface area contributed by atoms with Crippen molar-refractivity contribution in [1.82, 2.24) is 9.97 Å². The molecule has 2 nitrogen and oxygen atoms in total. The summed E-state index contributed by atoms with van der Waals surface area (Å²) >= 11 is 0. The maximum Gasteiger partial charge on any atom is 0.0397 e. The molecule has 0 aliphatic rings. The van der Waals surface area contributed by atoms with E-state index >= 15 is 0 Å². The number of hydrogen-bond donors (Lipinski definition) is 0. The molecule has 0 spiro atoms. The standard InChI is InChI=1S/C27H37N2P2.C5H5.Fe/c1-7-25(3,4)31(26(5,6)8-2)20-21-12-9-15-24(21)27(30,22-13-10-16-28-18-22)23-14-11-17-29-19-23;1-2-4-5-3-1;/h9-19H,7-8,20,30H2,1-6H3;1-5H;/q-1;-5;. The summed E-state index contributed by atoms with van der Waals surface area (Å²) in [7, 11) is 2.92. The molecule has 0 fully saturated rings. The summed E-state index contributed by atoms with van der Waals surface area (Å²) in [5, 5.41) is 0.292. The average molecular weight is 572 g/mol. The van der Waals surface area contributed by atoms with Gasteiger partial charge in [-0.05, 0) is 46.4 Å². The molecule has 37 heavy (non-hydrogen) atoms. The fraction of sp³-hybridized carbons (Fsp3) is 0.375. The Morgan fingerprint density at radius 2 is 1.24 bits per heavy atom. The fourth-order valence-electron chi connectivity index (χ4n) is 4.77. The predicted molar refractivity (Wildman–Crippen MR) is 161 cm³/mol. The maximum absolute atomic E-state index is 4.45. The summed E-state index contributed by atoms with van der Waals surface area (Å²) in [5.74, 6) is 0. The van der Waals surface area contributed by atoms with Gasteiger partial charge in [-0.25, -0.2) is 12.1 Å². The molecule has 0 aliphatic carbocycles. The van der Waals surface area contributed by atoms with Crippen LogP contribution in [0.1, 0.15) is 76.6 Å². The van der Waals surface area contributed by atoms with Gasteiger partial charge < -0.3 is 30.3 Å². The first kappa shape index (κ1) is 31.6. The van der Waals surface area contributed by atoms with Crippen LogP contribution in [0.2, 0.25) is 0 Å². The van der Waals surface area contributed by atoms with Crippen LogP contribution in [0.4, 0.5) is 0 Å². The fourth-order valence-corrected chi connectivity index (χ4v) is 9.27. The summed E-state index contributed by atoms with van der Waals surface area (Å²) in [6.07, 6.45) is 11.2. The molecule has 0 saturated carbocycles. The van der Waals surface area contributed by atoms with Gasteiger partial charge in [0.1, 0.15) is 0 Å². The Morgan fingerprint density at radius 1 is 0.784 bits per heavy atom. The van der Waals surface area contributed by atoms with E-state index in [1.54, 1.807) is 0 Å². The third-order valence-electron chi connectivity index (χ3n) is 7.64. The summed E-state index contributed by atoms with van der Waals surface area (Å²) in [6.45, 7) is 14.6. The van der Waals surface area contributed by atoms with Gasteiger partial charge in [0, 0.05) is 47.0 Å². The number of nitrogens with zero attached hydrogens (tertiary/aromatic N) is 2. The molecule has 1 atom stereocenters. The molecular weight excluding hydrogens is 530 g/mol. The predicted octanol–water partition coefficient (Wildman–Crippen LogP) is 9.12. The van der Waals surface area contributed by atoms with Gasteiger partial charge in [-0.15, -0.1) is 28.3 Å². The Kier molecular flexibility index (Phi) is 11.9. The van der Waals surface area contributed by atoms with Crippen LogP contribution in [-0.2, 0) is 28.4 Å². The van der Waals surface area contributed by atoms with Gasteiger partial charge in [-0.2, -0.15) is 6.07 Å². The van der Waals surface area contributed by atoms with Crippen molar-refractivity contribution >= 4 is 17.2 Å². The van der Waals surface area contributed by atoms with Crippen molar-refractivity contribution in [3.8, 4) is 0 Å². The molecule has 1 unspecified atom stereocenters. The van der Waals surface area contributed by atoms with Gasteiger partial charge in [0.05, 0.1) is 0 Å². The molecule has 0 saturated heterocycles. The van der Waals surface area contributed by atoms with Crippen molar-refractivity contribution in [2.45, 2.75) is 76.0 Å². The quantitative estimate of drug-likeness (QED) is 0.114. The van der Waals surface area contributed by atoms with Crippen LogP contribution in [0.25, 0.3) is 0 Å². The smallest absolute Gasteiger partial charge is 0.0397 e. The van der Waals surface area contributed by atoms with Crippen LogP contribution in [0, 0.1) is 0 Å². The van der Waals surface area contributed by atoms with Crippen molar-refractivity contribution < 1.29 is 17.1 Å². The summed E-state index contributed by atoms with van der Waals surface area (Å²) in [5.41, 5.74) is 5.16. The Balaban J connectivity index is 0.000000716. The summed E-state index contributed by atoms with van der Waals surface area (Å²) in [6, 6.07) is 25.3. The van der Waals surface area contributed by atoms with E-state index < -0.39 is 0 Å². The monoisotopic (exact) mass is 572 g/mol. The minimum atomic E-state index is -0.366. The van der Waals surface area contributed by atoms with Crippen molar-refractivity contribution in [2.75, 3.05) is 0 Å². The summed E-state index contributed by atoms with van der Waals surface area (Å²) in [4.78, 5) is 8.90. The van der Waals surface area contributed by atoms with E-state index in [-0.39, 0.29) is 30.1 Å². The van der Waals surface area contributed by atoms with E-state index in [0.717, 1.165) is 6.16 Å². The Bertz CT molecular complexity index is 1080. The van der Waals surface area contributed by atoms with Crippen LogP contribution < -0.4 is 0 Å². The first-order valence-corrected chi connectivity index (χ1v) is 15.1. The zero-order valence-electron chi connectivity index (χ0n) is 23.1. The first-order valence-electron chi connectivity index (χ1n) is 13.0. The van der Waals surface area contributed by atoms with E-state index in [1.165, 1.54) is 35.1 Å². The van der Waals surface area contributed by atoms with Crippen LogP contribution in [-0.4, -0.2) is 20.3 Å². The summed E-state index contributed by atoms with van der Waals surface area (Å²) < 4.78 is 0.